The Morgan fingerprint density at radius 2 is 2.31 bits per heavy atom. The van der Waals surface area contributed by atoms with Crippen molar-refractivity contribution in [1.29, 1.82) is 0 Å². The van der Waals surface area contributed by atoms with Crippen LogP contribution in [0.25, 0.3) is 0 Å². The van der Waals surface area contributed by atoms with Gasteiger partial charge in [0.2, 0.25) is 0 Å². The molecule has 4 nitrogen and oxygen atoms in total. The van der Waals surface area contributed by atoms with Gasteiger partial charge in [0.1, 0.15) is 6.04 Å². The fraction of sp³-hybridized carbons (Fsp3) is 0.917. The molecule has 1 saturated heterocycles. The highest BCUT2D eigenvalue weighted by Crippen LogP contribution is 2.26. The van der Waals surface area contributed by atoms with Gasteiger partial charge in [0.05, 0.1) is 0 Å². The first-order chi connectivity index (χ1) is 7.61. The molecule has 1 heterocycles. The van der Waals surface area contributed by atoms with Crippen molar-refractivity contribution in [3.05, 3.63) is 0 Å². The van der Waals surface area contributed by atoms with Gasteiger partial charge in [0.25, 0.3) is 0 Å². The molecule has 1 aliphatic heterocycles. The maximum absolute atomic E-state index is 11.3. The quantitative estimate of drug-likeness (QED) is 0.744. The fourth-order valence-electron chi connectivity index (χ4n) is 2.74. The Morgan fingerprint density at radius 3 is 2.81 bits per heavy atom. The van der Waals surface area contributed by atoms with Crippen LogP contribution in [-0.2, 0) is 4.79 Å². The summed E-state index contributed by atoms with van der Waals surface area (Å²) in [5, 5.41) is 9.27. The normalized spacial score (nSPS) is 28.9. The van der Waals surface area contributed by atoms with Gasteiger partial charge < -0.3 is 10.8 Å². The molecule has 0 bridgehead atoms. The van der Waals surface area contributed by atoms with Crippen LogP contribution >= 0.6 is 0 Å². The van der Waals surface area contributed by atoms with Crippen LogP contribution < -0.4 is 5.73 Å². The van der Waals surface area contributed by atoms with E-state index in [9.17, 15) is 9.90 Å². The molecule has 3 atom stereocenters. The van der Waals surface area contributed by atoms with E-state index in [0.29, 0.717) is 12.5 Å². The monoisotopic (exact) mass is 228 g/mol. The second-order valence-corrected chi connectivity index (χ2v) is 4.80. The molecule has 0 radical (unpaired) electrons. The van der Waals surface area contributed by atoms with Crippen molar-refractivity contribution in [3.63, 3.8) is 0 Å². The summed E-state index contributed by atoms with van der Waals surface area (Å²) in [5.74, 6) is -0.188. The van der Waals surface area contributed by atoms with Gasteiger partial charge in [-0.1, -0.05) is 20.3 Å². The van der Waals surface area contributed by atoms with Crippen molar-refractivity contribution in [2.24, 2.45) is 11.7 Å². The van der Waals surface area contributed by atoms with Crippen LogP contribution in [0, 0.1) is 5.92 Å². The molecule has 3 unspecified atom stereocenters. The predicted octanol–water partition coefficient (Wildman–Crippen LogP) is 1.30. The highest BCUT2D eigenvalue weighted by Gasteiger charge is 2.35. The average molecular weight is 228 g/mol. The standard InChI is InChI=1S/C12H24N2O2/c1-3-5-10(12(15)16)14-7-4-6-9(2)11(14)8-13/h9-11H,3-8,13H2,1-2H3,(H,15,16). The van der Waals surface area contributed by atoms with Crippen molar-refractivity contribution in [2.75, 3.05) is 13.1 Å². The number of hydrogen-bond donors (Lipinski definition) is 2. The Morgan fingerprint density at radius 1 is 1.62 bits per heavy atom. The molecule has 0 saturated carbocycles. The Hall–Kier alpha value is -0.610. The summed E-state index contributed by atoms with van der Waals surface area (Å²) >= 11 is 0. The molecule has 0 spiro atoms. The number of hydrogen-bond acceptors (Lipinski definition) is 3. The molecule has 16 heavy (non-hydrogen) atoms. The second kappa shape index (κ2) is 6.21. The zero-order valence-corrected chi connectivity index (χ0v) is 10.4. The topological polar surface area (TPSA) is 66.6 Å². The van der Waals surface area contributed by atoms with E-state index in [0.717, 1.165) is 32.2 Å². The van der Waals surface area contributed by atoms with Crippen molar-refractivity contribution >= 4 is 5.97 Å². The molecule has 0 aromatic heterocycles. The molecular weight excluding hydrogens is 204 g/mol. The number of nitrogens with zero attached hydrogens (tertiary/aromatic N) is 1. The number of rotatable bonds is 5. The number of nitrogens with two attached hydrogens (primary N) is 1. The van der Waals surface area contributed by atoms with E-state index < -0.39 is 5.97 Å². The Balaban J connectivity index is 2.75. The van der Waals surface area contributed by atoms with Gasteiger partial charge in [-0.3, -0.25) is 9.69 Å². The molecule has 1 rings (SSSR count). The summed E-state index contributed by atoms with van der Waals surface area (Å²) in [4.78, 5) is 13.4. The molecule has 4 heteroatoms. The lowest BCUT2D eigenvalue weighted by Gasteiger charge is -2.42. The minimum atomic E-state index is -0.700. The van der Waals surface area contributed by atoms with Crippen LogP contribution in [0.4, 0.5) is 0 Å². The lowest BCUT2D eigenvalue weighted by Crippen LogP contribution is -2.55. The summed E-state index contributed by atoms with van der Waals surface area (Å²) in [5.41, 5.74) is 5.78. The van der Waals surface area contributed by atoms with E-state index in [4.69, 9.17) is 5.73 Å². The van der Waals surface area contributed by atoms with Gasteiger partial charge in [-0.25, -0.2) is 0 Å². The maximum atomic E-state index is 11.3. The first-order valence-electron chi connectivity index (χ1n) is 6.30. The lowest BCUT2D eigenvalue weighted by atomic mass is 9.89. The van der Waals surface area contributed by atoms with Crippen molar-refractivity contribution < 1.29 is 9.90 Å². The van der Waals surface area contributed by atoms with Gasteiger partial charge in [-0.05, 0) is 31.7 Å². The van der Waals surface area contributed by atoms with E-state index >= 15 is 0 Å². The van der Waals surface area contributed by atoms with Crippen molar-refractivity contribution in [2.45, 2.75) is 51.6 Å². The van der Waals surface area contributed by atoms with Crippen LogP contribution in [0.15, 0.2) is 0 Å². The average Bonchev–Trinajstić information content (AvgIpc) is 2.25. The third kappa shape index (κ3) is 2.95. The van der Waals surface area contributed by atoms with Crippen LogP contribution in [0.3, 0.4) is 0 Å². The number of carboxylic acid groups (broad SMARTS) is 1. The summed E-state index contributed by atoms with van der Waals surface area (Å²) in [6.45, 7) is 5.65. The highest BCUT2D eigenvalue weighted by molar-refractivity contribution is 5.73. The van der Waals surface area contributed by atoms with Crippen LogP contribution in [0.2, 0.25) is 0 Å². The SMILES string of the molecule is CCCC(C(=O)O)N1CCCC(C)C1CN. The van der Waals surface area contributed by atoms with Gasteiger partial charge >= 0.3 is 5.97 Å². The van der Waals surface area contributed by atoms with Crippen LogP contribution in [0.5, 0.6) is 0 Å². The molecule has 0 aliphatic carbocycles. The largest absolute Gasteiger partial charge is 0.480 e. The number of piperidine rings is 1. The first kappa shape index (κ1) is 13.5. The highest BCUT2D eigenvalue weighted by atomic mass is 16.4. The van der Waals surface area contributed by atoms with E-state index in [-0.39, 0.29) is 12.1 Å². The van der Waals surface area contributed by atoms with E-state index in [1.54, 1.807) is 0 Å². The molecular formula is C12H24N2O2. The van der Waals surface area contributed by atoms with Crippen LogP contribution in [-0.4, -0.2) is 41.1 Å². The number of aliphatic carboxylic acids is 1. The van der Waals surface area contributed by atoms with Crippen molar-refractivity contribution in [1.82, 2.24) is 4.90 Å². The summed E-state index contributed by atoms with van der Waals surface area (Å²) in [6.07, 6.45) is 3.87. The molecule has 0 aromatic carbocycles. The molecule has 94 valence electrons. The number of likely N-dealkylation sites (tertiary alicyclic amines) is 1. The minimum Gasteiger partial charge on any atom is -0.480 e. The minimum absolute atomic E-state index is 0.237. The fourth-order valence-corrected chi connectivity index (χ4v) is 2.74. The molecule has 0 amide bonds. The van der Waals surface area contributed by atoms with E-state index in [1.807, 2.05) is 6.92 Å². The van der Waals surface area contributed by atoms with E-state index in [2.05, 4.69) is 11.8 Å². The number of carboxylic acids is 1. The second-order valence-electron chi connectivity index (χ2n) is 4.80. The number of carbonyl (C=O) groups is 1. The third-order valence-corrected chi connectivity index (χ3v) is 3.65. The zero-order valence-electron chi connectivity index (χ0n) is 10.4. The molecule has 1 fully saturated rings. The zero-order chi connectivity index (χ0) is 12.1. The Kier molecular flexibility index (Phi) is 5.22. The smallest absolute Gasteiger partial charge is 0.320 e. The summed E-state index contributed by atoms with van der Waals surface area (Å²) in [7, 11) is 0. The van der Waals surface area contributed by atoms with Gasteiger partial charge in [-0.2, -0.15) is 0 Å². The maximum Gasteiger partial charge on any atom is 0.320 e. The third-order valence-electron chi connectivity index (χ3n) is 3.65. The first-order valence-corrected chi connectivity index (χ1v) is 6.30. The Labute approximate surface area is 97.8 Å². The van der Waals surface area contributed by atoms with Crippen molar-refractivity contribution in [3.8, 4) is 0 Å². The van der Waals surface area contributed by atoms with E-state index in [1.165, 1.54) is 0 Å². The summed E-state index contributed by atoms with van der Waals surface area (Å²) < 4.78 is 0. The molecule has 0 aromatic rings. The summed E-state index contributed by atoms with van der Waals surface area (Å²) in [6, 6.07) is -0.109. The van der Waals surface area contributed by atoms with Gasteiger partial charge in [0, 0.05) is 12.6 Å². The molecule has 3 N–H and O–H groups in total. The molecule has 1 aliphatic rings. The predicted molar refractivity (Wildman–Crippen MR) is 64.3 cm³/mol. The van der Waals surface area contributed by atoms with Crippen LogP contribution in [0.1, 0.15) is 39.5 Å². The van der Waals surface area contributed by atoms with Gasteiger partial charge in [-0.15, -0.1) is 0 Å². The Bertz CT molecular complexity index is 233. The lowest BCUT2D eigenvalue weighted by molar-refractivity contribution is -0.145. The van der Waals surface area contributed by atoms with Gasteiger partial charge in [0.15, 0.2) is 0 Å².